The third kappa shape index (κ3) is 3.01. The Morgan fingerprint density at radius 3 is 2.63 bits per heavy atom. The zero-order valence-electron chi connectivity index (χ0n) is 10.6. The quantitative estimate of drug-likeness (QED) is 0.362. The van der Waals surface area contributed by atoms with Gasteiger partial charge < -0.3 is 9.47 Å². The van der Waals surface area contributed by atoms with Crippen LogP contribution in [0.15, 0.2) is 18.2 Å². The highest BCUT2D eigenvalue weighted by molar-refractivity contribution is 5.76. The van der Waals surface area contributed by atoms with Crippen molar-refractivity contribution in [3.8, 4) is 11.5 Å². The minimum absolute atomic E-state index is 0.0253. The number of hydrogen-bond donors (Lipinski definition) is 0. The Bertz CT molecular complexity index is 494. The van der Waals surface area contributed by atoms with Gasteiger partial charge >= 0.3 is 11.7 Å². The average Bonchev–Trinajstić information content (AvgIpc) is 2.92. The molecule has 0 aromatic heterocycles. The van der Waals surface area contributed by atoms with E-state index in [-0.39, 0.29) is 23.3 Å². The summed E-state index contributed by atoms with van der Waals surface area (Å²) in [6.07, 6.45) is 3.60. The molecular formula is C13H15NO5. The first-order chi connectivity index (χ1) is 9.11. The van der Waals surface area contributed by atoms with Gasteiger partial charge in [-0.15, -0.1) is 0 Å². The fourth-order valence-electron chi connectivity index (χ4n) is 2.21. The second-order valence-corrected chi connectivity index (χ2v) is 4.49. The van der Waals surface area contributed by atoms with Gasteiger partial charge in [0.15, 0.2) is 0 Å². The van der Waals surface area contributed by atoms with E-state index in [0.29, 0.717) is 5.75 Å². The van der Waals surface area contributed by atoms with Crippen molar-refractivity contribution in [1.82, 2.24) is 0 Å². The van der Waals surface area contributed by atoms with Gasteiger partial charge in [0.1, 0.15) is 5.75 Å². The van der Waals surface area contributed by atoms with Crippen LogP contribution < -0.4 is 9.47 Å². The summed E-state index contributed by atoms with van der Waals surface area (Å²) in [5, 5.41) is 11.0. The largest absolute Gasteiger partial charge is 0.496 e. The average molecular weight is 265 g/mol. The molecule has 6 heteroatoms. The van der Waals surface area contributed by atoms with E-state index >= 15 is 0 Å². The Kier molecular flexibility index (Phi) is 3.99. The van der Waals surface area contributed by atoms with Crippen LogP contribution in [0.5, 0.6) is 11.5 Å². The molecule has 2 rings (SSSR count). The minimum Gasteiger partial charge on any atom is -0.496 e. The van der Waals surface area contributed by atoms with E-state index in [1.165, 1.54) is 25.3 Å². The van der Waals surface area contributed by atoms with Crippen molar-refractivity contribution < 1.29 is 19.2 Å². The molecule has 1 aromatic carbocycles. The summed E-state index contributed by atoms with van der Waals surface area (Å²) < 4.78 is 10.1. The molecule has 1 aliphatic carbocycles. The van der Waals surface area contributed by atoms with Gasteiger partial charge in [-0.1, -0.05) is 12.8 Å². The van der Waals surface area contributed by atoms with Gasteiger partial charge in [0, 0.05) is 0 Å². The molecule has 0 radical (unpaired) electrons. The first-order valence-corrected chi connectivity index (χ1v) is 6.16. The van der Waals surface area contributed by atoms with E-state index in [4.69, 9.17) is 9.47 Å². The molecule has 19 heavy (non-hydrogen) atoms. The molecule has 0 amide bonds. The Balaban J connectivity index is 2.19. The summed E-state index contributed by atoms with van der Waals surface area (Å²) in [6, 6.07) is 4.17. The molecule has 1 fully saturated rings. The maximum Gasteiger partial charge on any atom is 0.315 e. The number of hydrogen-bond acceptors (Lipinski definition) is 5. The smallest absolute Gasteiger partial charge is 0.315 e. The molecule has 1 aromatic rings. The summed E-state index contributed by atoms with van der Waals surface area (Å²) in [7, 11) is 1.42. The normalized spacial score (nSPS) is 15.2. The number of esters is 1. The maximum atomic E-state index is 11.9. The van der Waals surface area contributed by atoms with Crippen LogP contribution in [0.25, 0.3) is 0 Å². The number of nitro benzene ring substituents is 1. The second-order valence-electron chi connectivity index (χ2n) is 4.49. The molecule has 0 bridgehead atoms. The SMILES string of the molecule is COc1ccc(OC(=O)C2CCCC2)c([N+](=O)[O-])c1. The third-order valence-corrected chi connectivity index (χ3v) is 3.26. The van der Waals surface area contributed by atoms with Crippen molar-refractivity contribution in [2.24, 2.45) is 5.92 Å². The highest BCUT2D eigenvalue weighted by atomic mass is 16.6. The molecule has 0 heterocycles. The van der Waals surface area contributed by atoms with Crippen LogP contribution in [0.4, 0.5) is 5.69 Å². The van der Waals surface area contributed by atoms with E-state index in [1.54, 1.807) is 0 Å². The van der Waals surface area contributed by atoms with Crippen LogP contribution >= 0.6 is 0 Å². The topological polar surface area (TPSA) is 78.7 Å². The van der Waals surface area contributed by atoms with E-state index in [2.05, 4.69) is 0 Å². The van der Waals surface area contributed by atoms with Crippen molar-refractivity contribution in [1.29, 1.82) is 0 Å². The van der Waals surface area contributed by atoms with Crippen molar-refractivity contribution in [3.63, 3.8) is 0 Å². The number of nitro groups is 1. The predicted molar refractivity (Wildman–Crippen MR) is 67.2 cm³/mol. The lowest BCUT2D eigenvalue weighted by molar-refractivity contribution is -0.385. The molecule has 0 aliphatic heterocycles. The van der Waals surface area contributed by atoms with Crippen molar-refractivity contribution >= 4 is 11.7 Å². The summed E-state index contributed by atoms with van der Waals surface area (Å²) in [4.78, 5) is 22.2. The lowest BCUT2D eigenvalue weighted by Crippen LogP contribution is -2.18. The Labute approximate surface area is 110 Å². The lowest BCUT2D eigenvalue weighted by Gasteiger charge is -2.10. The standard InChI is InChI=1S/C13H15NO5/c1-18-10-6-7-12(11(8-10)14(16)17)19-13(15)9-4-2-3-5-9/h6-9H,2-5H2,1H3. The van der Waals surface area contributed by atoms with Crippen LogP contribution in [0.3, 0.4) is 0 Å². The van der Waals surface area contributed by atoms with Crippen LogP contribution in [0, 0.1) is 16.0 Å². The van der Waals surface area contributed by atoms with E-state index in [1.807, 2.05) is 0 Å². The van der Waals surface area contributed by atoms with Crippen molar-refractivity contribution in [2.45, 2.75) is 25.7 Å². The van der Waals surface area contributed by atoms with Gasteiger partial charge in [0.2, 0.25) is 5.75 Å². The zero-order valence-corrected chi connectivity index (χ0v) is 10.6. The first-order valence-electron chi connectivity index (χ1n) is 6.16. The predicted octanol–water partition coefficient (Wildman–Crippen LogP) is 2.70. The number of rotatable bonds is 4. The van der Waals surface area contributed by atoms with Crippen LogP contribution in [0.2, 0.25) is 0 Å². The van der Waals surface area contributed by atoms with Crippen LogP contribution in [-0.4, -0.2) is 18.0 Å². The van der Waals surface area contributed by atoms with Crippen LogP contribution in [0.1, 0.15) is 25.7 Å². The first kappa shape index (κ1) is 13.3. The van der Waals surface area contributed by atoms with Gasteiger partial charge in [-0.2, -0.15) is 0 Å². The molecule has 6 nitrogen and oxygen atoms in total. The number of carbonyl (C=O) groups is 1. The maximum absolute atomic E-state index is 11.9. The number of nitrogens with zero attached hydrogens (tertiary/aromatic N) is 1. The second kappa shape index (κ2) is 5.69. The molecule has 0 N–H and O–H groups in total. The molecule has 0 atom stereocenters. The molecule has 1 saturated carbocycles. The number of carbonyl (C=O) groups excluding carboxylic acids is 1. The van der Waals surface area contributed by atoms with Gasteiger partial charge in [0.25, 0.3) is 0 Å². The molecule has 0 spiro atoms. The summed E-state index contributed by atoms with van der Waals surface area (Å²) in [5.41, 5.74) is -0.259. The van der Waals surface area contributed by atoms with E-state index < -0.39 is 4.92 Å². The lowest BCUT2D eigenvalue weighted by atomic mass is 10.1. The third-order valence-electron chi connectivity index (χ3n) is 3.26. The minimum atomic E-state index is -0.584. The fourth-order valence-corrected chi connectivity index (χ4v) is 2.21. The fraction of sp³-hybridized carbons (Fsp3) is 0.462. The van der Waals surface area contributed by atoms with Gasteiger partial charge in [0.05, 0.1) is 24.0 Å². The number of benzene rings is 1. The number of ether oxygens (including phenoxy) is 2. The monoisotopic (exact) mass is 265 g/mol. The van der Waals surface area contributed by atoms with Crippen LogP contribution in [-0.2, 0) is 4.79 Å². The summed E-state index contributed by atoms with van der Waals surface area (Å²) in [6.45, 7) is 0. The molecule has 102 valence electrons. The van der Waals surface area contributed by atoms with Gasteiger partial charge in [-0.3, -0.25) is 14.9 Å². The highest BCUT2D eigenvalue weighted by Gasteiger charge is 2.27. The van der Waals surface area contributed by atoms with Crippen molar-refractivity contribution in [3.05, 3.63) is 28.3 Å². The van der Waals surface area contributed by atoms with E-state index in [0.717, 1.165) is 25.7 Å². The van der Waals surface area contributed by atoms with Gasteiger partial charge in [-0.25, -0.2) is 0 Å². The Hall–Kier alpha value is -2.11. The molecule has 0 saturated heterocycles. The zero-order chi connectivity index (χ0) is 13.8. The highest BCUT2D eigenvalue weighted by Crippen LogP contribution is 2.33. The Morgan fingerprint density at radius 2 is 2.05 bits per heavy atom. The number of methoxy groups -OCH3 is 1. The molecular weight excluding hydrogens is 250 g/mol. The Morgan fingerprint density at radius 1 is 1.37 bits per heavy atom. The van der Waals surface area contributed by atoms with E-state index in [9.17, 15) is 14.9 Å². The summed E-state index contributed by atoms with van der Waals surface area (Å²) >= 11 is 0. The van der Waals surface area contributed by atoms with Crippen molar-refractivity contribution in [2.75, 3.05) is 7.11 Å². The van der Waals surface area contributed by atoms with Gasteiger partial charge in [-0.05, 0) is 25.0 Å². The molecule has 0 unspecified atom stereocenters. The summed E-state index contributed by atoms with van der Waals surface area (Å²) in [5.74, 6) is -0.192. The molecule has 1 aliphatic rings.